The minimum absolute atomic E-state index is 0.00558. The van der Waals surface area contributed by atoms with E-state index in [2.05, 4.69) is 92.6 Å². The van der Waals surface area contributed by atoms with E-state index in [-0.39, 0.29) is 83.8 Å². The van der Waals surface area contributed by atoms with E-state index in [1.165, 1.54) is 0 Å². The van der Waals surface area contributed by atoms with Crippen molar-refractivity contribution < 1.29 is 48.0 Å². The van der Waals surface area contributed by atoms with E-state index in [0.29, 0.717) is 150 Å². The number of nitrogens with one attached hydrogen (secondary N) is 4. The molecule has 134 heavy (non-hydrogen) atoms. The molecule has 0 radical (unpaired) electrons. The van der Waals surface area contributed by atoms with E-state index in [0.717, 1.165) is 80.8 Å². The van der Waals surface area contributed by atoms with Crippen LogP contribution in [-0.2, 0) is 37.4 Å². The summed E-state index contributed by atoms with van der Waals surface area (Å²) < 4.78 is 23.7. The second-order valence-electron chi connectivity index (χ2n) is 32.3. The summed E-state index contributed by atoms with van der Waals surface area (Å²) in [6.07, 6.45) is 12.7. The van der Waals surface area contributed by atoms with Crippen LogP contribution in [0.3, 0.4) is 0 Å². The maximum atomic E-state index is 13.0. The van der Waals surface area contributed by atoms with Crippen LogP contribution in [0, 0.1) is 11.8 Å². The fraction of sp³-hybridized carbons (Fsp3) is 0.198. The summed E-state index contributed by atoms with van der Waals surface area (Å²) in [5.74, 6) is -2.74. The SMILES string of the molecule is CN1CCC(COC(=O)c2nc(-c3cc(Cl)c4[nH]ncc4c3)c(-c3ccccc3)nc2N)C1=O.CN1CCC(COC(=O)c2nc(-c3cc(Cl)c4[nH]ncc4c3)c(-c3ccccc3)nc2N)CC1.Cn1ccc(COC(=O)c2nc(-c3cc(Cl)c4[nH]ncc4c3)c(-c3ccccc3)nc2N)c1.Nc1nc(-c2ccccc2)c(-c2cc(Cl)c3[nH]ncc3c2)nc1C(=O)OCCN1CC(O)C1. The Morgan fingerprint density at radius 1 is 0.410 bits per heavy atom. The Kier molecular flexibility index (Phi) is 27.3. The number of aliphatic hydroxyl groups excluding tert-OH is 1. The van der Waals surface area contributed by atoms with Crippen molar-refractivity contribution in [2.75, 3.05) is 96.1 Å². The first-order chi connectivity index (χ1) is 64.9. The molecule has 13 N–H and O–H groups in total. The molecule has 8 aromatic carbocycles. The van der Waals surface area contributed by atoms with Gasteiger partial charge in [0.2, 0.25) is 5.91 Å². The minimum Gasteiger partial charge on any atom is -0.461 e. The van der Waals surface area contributed by atoms with Crippen molar-refractivity contribution in [3.63, 3.8) is 0 Å². The lowest BCUT2D eigenvalue weighted by atomic mass is 9.98. The van der Waals surface area contributed by atoms with Gasteiger partial charge in [0.25, 0.3) is 0 Å². The van der Waals surface area contributed by atoms with E-state index in [1.54, 1.807) is 61.0 Å². The van der Waals surface area contributed by atoms with Gasteiger partial charge in [-0.15, -0.1) is 0 Å². The molecule has 9 aromatic heterocycles. The average molecular weight is 1880 g/mol. The van der Waals surface area contributed by atoms with E-state index in [4.69, 9.17) is 88.3 Å². The highest BCUT2D eigenvalue weighted by molar-refractivity contribution is 6.37. The Morgan fingerprint density at radius 3 is 1.06 bits per heavy atom. The molecule has 1 atom stereocenters. The number of carbonyl (C=O) groups excluding carboxylic acids is 5. The largest absolute Gasteiger partial charge is 0.461 e. The Bertz CT molecular complexity index is 7240. The third-order valence-electron chi connectivity index (χ3n) is 22.8. The Balaban J connectivity index is 0.000000124. The number of nitrogens with two attached hydrogens (primary N) is 4. The first-order valence-corrected chi connectivity index (χ1v) is 44.0. The van der Waals surface area contributed by atoms with Gasteiger partial charge in [0.1, 0.15) is 19.8 Å². The standard InChI is InChI=1S/C25H25ClN6O2.C24H21ClN6O3.C24H19ClN6O2.C23H21ClN6O3/c1-32-9-7-15(8-10-32)14-34-25(33)23-24(27)30-21(16-5-3-2-4-6-16)22(29-23)17-11-18-13-28-31-20(18)19(26)12-17;1-31-8-7-14(23(31)32)12-34-24(33)21-22(26)29-19(13-5-3-2-4-6-13)20(28-21)15-9-16-11-27-30-18(16)17(25)10-15;1-31-8-7-14(12-31)13-33-24(32)22-23(26)29-20(15-5-3-2-4-6-15)21(28-22)16-9-17-11-27-30-19(17)18(25)10-16;24-17-9-14(8-15-10-26-29-18(15)17)20-19(13-4-2-1-3-5-13)28-22(25)21(27-20)23(32)33-7-6-30-11-16(31)12-30/h2-6,11-13,15H,7-10,14H2,1H3,(H2,27,30)(H,28,31);2-6,9-11,14H,7-8,12H2,1H3,(H2,26,29)(H,27,30);2-12H,13H2,1H3,(H2,26,29)(H,27,30);1-5,8-10,16,31H,6-7,11-12H2,(H2,25,28)(H,26,29). The summed E-state index contributed by atoms with van der Waals surface area (Å²) in [6, 6.07) is 54.4. The molecular formula is C96H86Cl4N24O10. The maximum Gasteiger partial charge on any atom is 0.361 e. The van der Waals surface area contributed by atoms with Gasteiger partial charge in [0, 0.05) is 124 Å². The van der Waals surface area contributed by atoms with Gasteiger partial charge < -0.3 is 61.4 Å². The predicted molar refractivity (Wildman–Crippen MR) is 512 cm³/mol. The van der Waals surface area contributed by atoms with Crippen molar-refractivity contribution in [2.24, 2.45) is 18.9 Å². The minimum atomic E-state index is -0.733. The second-order valence-corrected chi connectivity index (χ2v) is 33.9. The summed E-state index contributed by atoms with van der Waals surface area (Å²) in [4.78, 5) is 106. The zero-order chi connectivity index (χ0) is 93.4. The molecule has 38 heteroatoms. The van der Waals surface area contributed by atoms with Crippen LogP contribution < -0.4 is 22.9 Å². The number of β-amino-alcohol motifs (C(OH)–C–C–N with tert-alkyl or cyclic N) is 1. The molecule has 1 unspecified atom stereocenters. The van der Waals surface area contributed by atoms with Crippen molar-refractivity contribution in [1.29, 1.82) is 0 Å². The molecule has 0 spiro atoms. The van der Waals surface area contributed by atoms with Crippen LogP contribution in [0.15, 0.2) is 213 Å². The molecule has 678 valence electrons. The molecule has 1 amide bonds. The van der Waals surface area contributed by atoms with Gasteiger partial charge in [-0.05, 0) is 99.9 Å². The summed E-state index contributed by atoms with van der Waals surface area (Å²) in [7, 11) is 5.72. The number of esters is 4. The van der Waals surface area contributed by atoms with Gasteiger partial charge in [0.05, 0.1) is 131 Å². The van der Waals surface area contributed by atoms with Crippen LogP contribution >= 0.6 is 46.4 Å². The number of ether oxygens (including phenoxy) is 4. The third-order valence-corrected chi connectivity index (χ3v) is 24.0. The number of rotatable bonds is 21. The number of hydrogen-bond acceptors (Lipinski definition) is 28. The van der Waals surface area contributed by atoms with Crippen LogP contribution in [0.4, 0.5) is 23.3 Å². The van der Waals surface area contributed by atoms with Crippen LogP contribution in [0.2, 0.25) is 20.1 Å². The summed E-state index contributed by atoms with van der Waals surface area (Å²) in [5.41, 5.74) is 38.0. The predicted octanol–water partition coefficient (Wildman–Crippen LogP) is 15.4. The molecule has 20 rings (SSSR count). The van der Waals surface area contributed by atoms with Crippen molar-refractivity contribution in [1.82, 2.24) is 99.9 Å². The van der Waals surface area contributed by atoms with E-state index >= 15 is 0 Å². The zero-order valence-corrected chi connectivity index (χ0v) is 75.3. The normalized spacial score (nSPS) is 14.1. The fourth-order valence-corrected chi connectivity index (χ4v) is 16.8. The number of nitrogen functional groups attached to an aromatic ring is 4. The number of halogens is 4. The number of aliphatic hydroxyl groups is 1. The fourth-order valence-electron chi connectivity index (χ4n) is 15.7. The Morgan fingerprint density at radius 2 is 0.739 bits per heavy atom. The average Bonchev–Trinajstić information content (AvgIpc) is 0.938. The zero-order valence-electron chi connectivity index (χ0n) is 72.2. The number of H-pyrrole nitrogens is 4. The van der Waals surface area contributed by atoms with Crippen LogP contribution in [0.1, 0.15) is 66.8 Å². The van der Waals surface area contributed by atoms with Crippen molar-refractivity contribution >= 4 is 143 Å². The van der Waals surface area contributed by atoms with E-state index < -0.39 is 23.9 Å². The van der Waals surface area contributed by atoms with Crippen molar-refractivity contribution in [2.45, 2.75) is 32.0 Å². The summed E-state index contributed by atoms with van der Waals surface area (Å²) in [6.45, 7) is 4.88. The molecule has 3 fully saturated rings. The van der Waals surface area contributed by atoms with E-state index in [1.807, 2.05) is 181 Å². The highest BCUT2D eigenvalue weighted by Gasteiger charge is 2.34. The van der Waals surface area contributed by atoms with Gasteiger partial charge in [-0.3, -0.25) is 30.1 Å². The highest BCUT2D eigenvalue weighted by atomic mass is 35.5. The maximum absolute atomic E-state index is 13.0. The lowest BCUT2D eigenvalue weighted by molar-refractivity contribution is -0.130. The number of benzene rings is 8. The van der Waals surface area contributed by atoms with Crippen LogP contribution in [0.25, 0.3) is 134 Å². The summed E-state index contributed by atoms with van der Waals surface area (Å²) in [5, 5.41) is 42.2. The van der Waals surface area contributed by atoms with Gasteiger partial charge in [0.15, 0.2) is 46.0 Å². The molecule has 34 nitrogen and oxygen atoms in total. The van der Waals surface area contributed by atoms with Crippen LogP contribution in [0.5, 0.6) is 0 Å². The number of anilines is 4. The molecule has 0 saturated carbocycles. The third kappa shape index (κ3) is 20.3. The Hall–Kier alpha value is -15.2. The molecule has 3 aliphatic rings. The topological polar surface area (TPSA) is 479 Å². The molecule has 3 aliphatic heterocycles. The number of hydrogen-bond donors (Lipinski definition) is 9. The van der Waals surface area contributed by atoms with Crippen molar-refractivity contribution in [3.05, 3.63) is 262 Å². The van der Waals surface area contributed by atoms with Crippen LogP contribution in [-0.4, -0.2) is 214 Å². The first-order valence-electron chi connectivity index (χ1n) is 42.5. The van der Waals surface area contributed by atoms with Gasteiger partial charge in [-0.1, -0.05) is 168 Å². The number of piperidine rings is 1. The van der Waals surface area contributed by atoms with Gasteiger partial charge in [-0.25, -0.2) is 59.0 Å². The van der Waals surface area contributed by atoms with E-state index in [9.17, 15) is 29.1 Å². The smallest absolute Gasteiger partial charge is 0.361 e. The molecule has 0 bridgehead atoms. The molecule has 17 aromatic rings. The molecule has 12 heterocycles. The number of aromatic amines is 4. The highest BCUT2D eigenvalue weighted by Crippen LogP contribution is 2.42. The molecular weight excluding hydrogens is 1790 g/mol. The lowest BCUT2D eigenvalue weighted by Gasteiger charge is -2.35. The number of nitrogens with zero attached hydrogens (tertiary/aromatic N) is 16. The number of fused-ring (bicyclic) bond motifs is 4. The number of aromatic nitrogens is 17. The lowest BCUT2D eigenvalue weighted by Crippen LogP contribution is -2.51. The second kappa shape index (κ2) is 40.3. The molecule has 0 aliphatic carbocycles. The number of aryl methyl sites for hydroxylation is 1. The first kappa shape index (κ1) is 90.8. The quantitative estimate of drug-likeness (QED) is 0.0238. The number of carbonyl (C=O) groups is 5. The van der Waals surface area contributed by atoms with Crippen molar-refractivity contribution in [3.8, 4) is 90.1 Å². The number of amides is 1. The van der Waals surface area contributed by atoms with Gasteiger partial charge >= 0.3 is 23.9 Å². The Labute approximate surface area is 784 Å². The summed E-state index contributed by atoms with van der Waals surface area (Å²) >= 11 is 25.9. The monoisotopic (exact) mass is 1870 g/mol. The van der Waals surface area contributed by atoms with Gasteiger partial charge in [-0.2, -0.15) is 20.4 Å². The molecule has 3 saturated heterocycles. The number of likely N-dealkylation sites (tertiary alicyclic amines) is 3.